The summed E-state index contributed by atoms with van der Waals surface area (Å²) in [4.78, 5) is 10.8. The normalized spacial score (nSPS) is 18.2. The Balaban J connectivity index is 2.19. The van der Waals surface area contributed by atoms with E-state index in [-0.39, 0.29) is 6.04 Å². The number of hydrogen-bond donors (Lipinski definition) is 2. The summed E-state index contributed by atoms with van der Waals surface area (Å²) in [5, 5.41) is 8.86. The van der Waals surface area contributed by atoms with E-state index in [9.17, 15) is 4.79 Å². The van der Waals surface area contributed by atoms with Crippen molar-refractivity contribution in [2.45, 2.75) is 25.3 Å². The van der Waals surface area contributed by atoms with Crippen LogP contribution in [0.15, 0.2) is 24.3 Å². The minimum absolute atomic E-state index is 0.00181. The van der Waals surface area contributed by atoms with E-state index in [1.807, 2.05) is 6.07 Å². The van der Waals surface area contributed by atoms with Crippen molar-refractivity contribution in [1.29, 1.82) is 0 Å². The maximum atomic E-state index is 10.8. The quantitative estimate of drug-likeness (QED) is 0.795. The van der Waals surface area contributed by atoms with Gasteiger partial charge < -0.3 is 10.8 Å². The van der Waals surface area contributed by atoms with Crippen LogP contribution in [0.1, 0.15) is 41.2 Å². The molecule has 1 fully saturated rings. The molecule has 2 rings (SSSR count). The van der Waals surface area contributed by atoms with E-state index in [4.69, 9.17) is 10.8 Å². The van der Waals surface area contributed by atoms with Crippen molar-refractivity contribution in [2.24, 2.45) is 11.7 Å². The fourth-order valence-corrected chi connectivity index (χ4v) is 1.95. The van der Waals surface area contributed by atoms with Gasteiger partial charge in [-0.3, -0.25) is 0 Å². The van der Waals surface area contributed by atoms with Crippen molar-refractivity contribution in [1.82, 2.24) is 0 Å². The summed E-state index contributed by atoms with van der Waals surface area (Å²) in [5.41, 5.74) is 7.34. The van der Waals surface area contributed by atoms with Gasteiger partial charge in [0, 0.05) is 6.04 Å². The Hall–Kier alpha value is -1.35. The van der Waals surface area contributed by atoms with Crippen molar-refractivity contribution in [2.75, 3.05) is 0 Å². The maximum absolute atomic E-state index is 10.8. The van der Waals surface area contributed by atoms with Gasteiger partial charge in [-0.05, 0) is 36.5 Å². The first-order chi connectivity index (χ1) is 7.18. The third-order valence-electron chi connectivity index (χ3n) is 3.18. The van der Waals surface area contributed by atoms with E-state index in [2.05, 4.69) is 0 Å². The van der Waals surface area contributed by atoms with E-state index < -0.39 is 5.97 Å². The Morgan fingerprint density at radius 1 is 1.47 bits per heavy atom. The Morgan fingerprint density at radius 2 is 2.20 bits per heavy atom. The standard InChI is InChI=1S/C12H15NO2/c13-11(8-3-1-4-8)9-5-2-6-10(7-9)12(14)15/h2,5-8,11H,1,3-4,13H2,(H,14,15). The molecule has 1 aromatic rings. The van der Waals surface area contributed by atoms with Crippen LogP contribution in [0.2, 0.25) is 0 Å². The average Bonchev–Trinajstić information content (AvgIpc) is 2.15. The van der Waals surface area contributed by atoms with Crippen molar-refractivity contribution in [3.63, 3.8) is 0 Å². The Kier molecular flexibility index (Phi) is 2.73. The predicted octanol–water partition coefficient (Wildman–Crippen LogP) is 2.18. The number of nitrogens with two attached hydrogens (primary N) is 1. The van der Waals surface area contributed by atoms with Gasteiger partial charge in [0.05, 0.1) is 5.56 Å². The number of benzene rings is 1. The van der Waals surface area contributed by atoms with Crippen LogP contribution in [0.3, 0.4) is 0 Å². The highest BCUT2D eigenvalue weighted by Gasteiger charge is 2.25. The molecular weight excluding hydrogens is 190 g/mol. The van der Waals surface area contributed by atoms with Gasteiger partial charge in [0.1, 0.15) is 0 Å². The van der Waals surface area contributed by atoms with Crippen molar-refractivity contribution in [3.05, 3.63) is 35.4 Å². The summed E-state index contributed by atoms with van der Waals surface area (Å²) in [6.45, 7) is 0. The highest BCUT2D eigenvalue weighted by molar-refractivity contribution is 5.87. The van der Waals surface area contributed by atoms with Crippen LogP contribution >= 0.6 is 0 Å². The second-order valence-corrected chi connectivity index (χ2v) is 4.15. The van der Waals surface area contributed by atoms with Gasteiger partial charge >= 0.3 is 5.97 Å². The van der Waals surface area contributed by atoms with Crippen LogP contribution in [-0.4, -0.2) is 11.1 Å². The SMILES string of the molecule is NC(c1cccc(C(=O)O)c1)C1CCC1. The third kappa shape index (κ3) is 2.02. The Labute approximate surface area is 88.9 Å². The summed E-state index contributed by atoms with van der Waals surface area (Å²) >= 11 is 0. The molecule has 0 amide bonds. The molecule has 0 heterocycles. The monoisotopic (exact) mass is 205 g/mol. The van der Waals surface area contributed by atoms with Crippen molar-refractivity contribution in [3.8, 4) is 0 Å². The van der Waals surface area contributed by atoms with Crippen LogP contribution in [0, 0.1) is 5.92 Å². The number of carboxylic acid groups (broad SMARTS) is 1. The molecule has 1 saturated carbocycles. The minimum atomic E-state index is -0.891. The molecule has 0 bridgehead atoms. The zero-order valence-corrected chi connectivity index (χ0v) is 8.52. The molecule has 0 radical (unpaired) electrons. The molecule has 1 atom stereocenters. The molecule has 0 saturated heterocycles. The van der Waals surface area contributed by atoms with Crippen LogP contribution in [0.25, 0.3) is 0 Å². The summed E-state index contributed by atoms with van der Waals surface area (Å²) in [7, 11) is 0. The molecular formula is C12H15NO2. The first-order valence-electron chi connectivity index (χ1n) is 5.27. The Morgan fingerprint density at radius 3 is 2.73 bits per heavy atom. The summed E-state index contributed by atoms with van der Waals surface area (Å²) in [6, 6.07) is 6.95. The molecule has 0 aliphatic heterocycles. The van der Waals surface area contributed by atoms with E-state index in [1.54, 1.807) is 18.2 Å². The molecule has 1 aliphatic rings. The zero-order valence-electron chi connectivity index (χ0n) is 8.52. The number of aromatic carboxylic acids is 1. The lowest BCUT2D eigenvalue weighted by molar-refractivity contribution is 0.0696. The molecule has 3 heteroatoms. The second-order valence-electron chi connectivity index (χ2n) is 4.15. The van der Waals surface area contributed by atoms with Gasteiger partial charge in [-0.2, -0.15) is 0 Å². The highest BCUT2D eigenvalue weighted by Crippen LogP contribution is 2.36. The lowest BCUT2D eigenvalue weighted by atomic mass is 9.77. The van der Waals surface area contributed by atoms with Gasteiger partial charge in [0.15, 0.2) is 0 Å². The van der Waals surface area contributed by atoms with Crippen LogP contribution in [0.5, 0.6) is 0 Å². The second kappa shape index (κ2) is 4.03. The van der Waals surface area contributed by atoms with Crippen LogP contribution in [0.4, 0.5) is 0 Å². The molecule has 3 nitrogen and oxygen atoms in total. The number of carboxylic acids is 1. The Bertz CT molecular complexity index is 372. The smallest absolute Gasteiger partial charge is 0.335 e. The van der Waals surface area contributed by atoms with Crippen molar-refractivity contribution < 1.29 is 9.90 Å². The lowest BCUT2D eigenvalue weighted by Crippen LogP contribution is -2.26. The summed E-state index contributed by atoms with van der Waals surface area (Å²) < 4.78 is 0. The number of hydrogen-bond acceptors (Lipinski definition) is 2. The molecule has 15 heavy (non-hydrogen) atoms. The van der Waals surface area contributed by atoms with Gasteiger partial charge in [-0.15, -0.1) is 0 Å². The predicted molar refractivity (Wildman–Crippen MR) is 57.7 cm³/mol. The largest absolute Gasteiger partial charge is 0.478 e. The van der Waals surface area contributed by atoms with E-state index in [0.29, 0.717) is 11.5 Å². The van der Waals surface area contributed by atoms with Gasteiger partial charge in [-0.25, -0.2) is 4.79 Å². The molecule has 1 unspecified atom stereocenters. The van der Waals surface area contributed by atoms with Crippen LogP contribution in [-0.2, 0) is 0 Å². The van der Waals surface area contributed by atoms with E-state index in [1.165, 1.54) is 19.3 Å². The van der Waals surface area contributed by atoms with E-state index >= 15 is 0 Å². The molecule has 80 valence electrons. The molecule has 1 aromatic carbocycles. The average molecular weight is 205 g/mol. The number of carbonyl (C=O) groups is 1. The van der Waals surface area contributed by atoms with Crippen molar-refractivity contribution >= 4 is 5.97 Å². The minimum Gasteiger partial charge on any atom is -0.478 e. The first-order valence-corrected chi connectivity index (χ1v) is 5.27. The fraction of sp³-hybridized carbons (Fsp3) is 0.417. The molecule has 3 N–H and O–H groups in total. The number of rotatable bonds is 3. The van der Waals surface area contributed by atoms with E-state index in [0.717, 1.165) is 5.56 Å². The lowest BCUT2D eigenvalue weighted by Gasteiger charge is -2.31. The van der Waals surface area contributed by atoms with Gasteiger partial charge in [0.2, 0.25) is 0 Å². The molecule has 0 aromatic heterocycles. The van der Waals surface area contributed by atoms with Gasteiger partial charge in [-0.1, -0.05) is 18.6 Å². The molecule has 0 spiro atoms. The third-order valence-corrected chi connectivity index (χ3v) is 3.18. The summed E-state index contributed by atoms with van der Waals surface area (Å²) in [5.74, 6) is -0.355. The maximum Gasteiger partial charge on any atom is 0.335 e. The highest BCUT2D eigenvalue weighted by atomic mass is 16.4. The fourth-order valence-electron chi connectivity index (χ4n) is 1.95. The zero-order chi connectivity index (χ0) is 10.8. The molecule has 1 aliphatic carbocycles. The first kappa shape index (κ1) is 10.2. The topological polar surface area (TPSA) is 63.3 Å². The van der Waals surface area contributed by atoms with Gasteiger partial charge in [0.25, 0.3) is 0 Å². The summed E-state index contributed by atoms with van der Waals surface area (Å²) in [6.07, 6.45) is 3.58. The van der Waals surface area contributed by atoms with Crippen LogP contribution < -0.4 is 5.73 Å².